The van der Waals surface area contributed by atoms with Crippen molar-refractivity contribution >= 4 is 17.2 Å². The van der Waals surface area contributed by atoms with E-state index in [2.05, 4.69) is 16.4 Å². The van der Waals surface area contributed by atoms with Crippen LogP contribution in [0.1, 0.15) is 40.9 Å². The molecule has 0 radical (unpaired) electrons. The Morgan fingerprint density at radius 1 is 1.43 bits per heavy atom. The number of likely N-dealkylation sites (tertiary alicyclic amines) is 1. The molecule has 1 saturated heterocycles. The fourth-order valence-corrected chi connectivity index (χ4v) is 3.84. The summed E-state index contributed by atoms with van der Waals surface area (Å²) < 4.78 is 0. The smallest absolute Gasteiger partial charge is 0.259 e. The number of H-pyrrole nitrogens is 1. The van der Waals surface area contributed by atoms with Crippen molar-refractivity contribution in [3.63, 3.8) is 0 Å². The van der Waals surface area contributed by atoms with Gasteiger partial charge in [-0.3, -0.25) is 9.59 Å². The summed E-state index contributed by atoms with van der Waals surface area (Å²) >= 11 is 1.74. The monoisotopic (exact) mass is 332 g/mol. The van der Waals surface area contributed by atoms with Gasteiger partial charge in [0.15, 0.2) is 0 Å². The van der Waals surface area contributed by atoms with Crippen LogP contribution in [-0.4, -0.2) is 33.5 Å². The molecule has 0 unspecified atom stereocenters. The molecule has 0 aromatic carbocycles. The van der Waals surface area contributed by atoms with Crippen molar-refractivity contribution in [1.82, 2.24) is 9.88 Å². The van der Waals surface area contributed by atoms with Gasteiger partial charge < -0.3 is 15.0 Å². The summed E-state index contributed by atoms with van der Waals surface area (Å²) in [7, 11) is 0. The number of pyridine rings is 1. The van der Waals surface area contributed by atoms with E-state index in [1.54, 1.807) is 11.3 Å². The van der Waals surface area contributed by atoms with Crippen molar-refractivity contribution in [2.75, 3.05) is 6.54 Å². The summed E-state index contributed by atoms with van der Waals surface area (Å²) in [6.07, 6.45) is 6.29. The topological polar surface area (TPSA) is 73.4 Å². The number of hydrogen-bond acceptors (Lipinski definition) is 4. The molecule has 3 heterocycles. The first-order chi connectivity index (χ1) is 11.1. The Labute approximate surface area is 138 Å². The van der Waals surface area contributed by atoms with E-state index in [4.69, 9.17) is 0 Å². The summed E-state index contributed by atoms with van der Waals surface area (Å²) in [6, 6.07) is 5.40. The molecule has 1 aliphatic heterocycles. The van der Waals surface area contributed by atoms with Crippen LogP contribution in [0.4, 0.5) is 0 Å². The maximum Gasteiger partial charge on any atom is 0.259 e. The minimum Gasteiger partial charge on any atom is -0.507 e. The van der Waals surface area contributed by atoms with Crippen LogP contribution in [0.2, 0.25) is 0 Å². The maximum atomic E-state index is 12.8. The average molecular weight is 332 g/mol. The maximum absolute atomic E-state index is 12.8. The van der Waals surface area contributed by atoms with Crippen LogP contribution in [0.3, 0.4) is 0 Å². The lowest BCUT2D eigenvalue weighted by Crippen LogP contribution is -2.44. The molecule has 6 heteroatoms. The molecule has 0 spiro atoms. The van der Waals surface area contributed by atoms with E-state index in [0.717, 1.165) is 38.2 Å². The van der Waals surface area contributed by atoms with Crippen LogP contribution in [0.5, 0.6) is 5.75 Å². The molecular formula is C17H20N2O3S. The lowest BCUT2D eigenvalue weighted by Gasteiger charge is -2.36. The minimum atomic E-state index is -0.410. The third-order valence-corrected chi connectivity index (χ3v) is 5.26. The second-order valence-electron chi connectivity index (χ2n) is 5.86. The zero-order valence-corrected chi connectivity index (χ0v) is 13.6. The average Bonchev–Trinajstić information content (AvgIpc) is 3.06. The van der Waals surface area contributed by atoms with Crippen LogP contribution in [0.25, 0.3) is 0 Å². The van der Waals surface area contributed by atoms with E-state index >= 15 is 0 Å². The number of rotatable bonds is 4. The lowest BCUT2D eigenvalue weighted by molar-refractivity contribution is 0.0598. The molecule has 2 aromatic heterocycles. The zero-order chi connectivity index (χ0) is 16.2. The number of thiophene rings is 1. The summed E-state index contributed by atoms with van der Waals surface area (Å²) in [5, 5.41) is 12.0. The Hall–Kier alpha value is -2.08. The highest BCUT2D eigenvalue weighted by Gasteiger charge is 2.28. The molecule has 23 heavy (non-hydrogen) atoms. The Balaban J connectivity index is 1.74. The van der Waals surface area contributed by atoms with Crippen molar-refractivity contribution in [2.24, 2.45) is 0 Å². The number of hydrogen-bond donors (Lipinski definition) is 2. The fourth-order valence-electron chi connectivity index (χ4n) is 3.12. The number of aromatic hydroxyl groups is 1. The summed E-state index contributed by atoms with van der Waals surface area (Å²) in [5.41, 5.74) is -0.237. The Kier molecular flexibility index (Phi) is 4.81. The Bertz CT molecular complexity index is 724. The highest BCUT2D eigenvalue weighted by atomic mass is 32.1. The molecule has 2 aromatic rings. The minimum absolute atomic E-state index is 0.174. The molecule has 3 rings (SSSR count). The van der Waals surface area contributed by atoms with Crippen LogP contribution in [0, 0.1) is 0 Å². The van der Waals surface area contributed by atoms with Gasteiger partial charge in [-0.1, -0.05) is 6.07 Å². The van der Waals surface area contributed by atoms with E-state index in [0.29, 0.717) is 6.54 Å². The normalized spacial score (nSPS) is 18.1. The highest BCUT2D eigenvalue weighted by molar-refractivity contribution is 7.09. The number of nitrogens with one attached hydrogen (secondary N) is 1. The Morgan fingerprint density at radius 2 is 2.30 bits per heavy atom. The quantitative estimate of drug-likeness (QED) is 0.904. The van der Waals surface area contributed by atoms with Crippen molar-refractivity contribution < 1.29 is 9.90 Å². The summed E-state index contributed by atoms with van der Waals surface area (Å²) in [6.45, 7) is 0.701. The standard InChI is InChI=1S/C17H20N2O3S/c20-15-10-16(21)18-11-14(15)17(22)19-8-2-1-4-12(19)6-7-13-5-3-9-23-13/h3,5,9-12H,1-2,4,6-8H2,(H2,18,20,21)/t12-/m0/s1. The molecule has 1 amide bonds. The molecular weight excluding hydrogens is 312 g/mol. The van der Waals surface area contributed by atoms with Gasteiger partial charge >= 0.3 is 0 Å². The number of carbonyl (C=O) groups is 1. The van der Waals surface area contributed by atoms with E-state index in [1.807, 2.05) is 11.0 Å². The number of carbonyl (C=O) groups excluding carboxylic acids is 1. The van der Waals surface area contributed by atoms with Crippen molar-refractivity contribution in [3.05, 3.63) is 50.6 Å². The van der Waals surface area contributed by atoms with Gasteiger partial charge in [0, 0.05) is 29.7 Å². The fraction of sp³-hybridized carbons (Fsp3) is 0.412. The largest absolute Gasteiger partial charge is 0.507 e. The molecule has 0 aliphatic carbocycles. The second kappa shape index (κ2) is 7.00. The van der Waals surface area contributed by atoms with Gasteiger partial charge in [0.2, 0.25) is 0 Å². The van der Waals surface area contributed by atoms with Crippen LogP contribution in [0.15, 0.2) is 34.6 Å². The highest BCUT2D eigenvalue weighted by Crippen LogP contribution is 2.26. The van der Waals surface area contributed by atoms with Gasteiger partial charge in [-0.15, -0.1) is 11.3 Å². The van der Waals surface area contributed by atoms with E-state index in [-0.39, 0.29) is 23.3 Å². The predicted molar refractivity (Wildman–Crippen MR) is 90.0 cm³/mol. The van der Waals surface area contributed by atoms with E-state index < -0.39 is 5.56 Å². The third kappa shape index (κ3) is 3.64. The SMILES string of the molecule is O=C(c1c[nH]c(=O)cc1O)N1CCCC[C@H]1CCc1cccs1. The molecule has 122 valence electrons. The van der Waals surface area contributed by atoms with Gasteiger partial charge in [-0.05, 0) is 43.6 Å². The number of aromatic amines is 1. The van der Waals surface area contributed by atoms with E-state index in [9.17, 15) is 14.7 Å². The lowest BCUT2D eigenvalue weighted by atomic mass is 9.96. The van der Waals surface area contributed by atoms with Crippen LogP contribution in [-0.2, 0) is 6.42 Å². The van der Waals surface area contributed by atoms with Crippen molar-refractivity contribution in [1.29, 1.82) is 0 Å². The Morgan fingerprint density at radius 3 is 3.04 bits per heavy atom. The first-order valence-corrected chi connectivity index (χ1v) is 8.78. The molecule has 1 atom stereocenters. The molecule has 5 nitrogen and oxygen atoms in total. The number of nitrogens with zero attached hydrogens (tertiary/aromatic N) is 1. The van der Waals surface area contributed by atoms with Gasteiger partial charge in [-0.2, -0.15) is 0 Å². The first kappa shape index (κ1) is 15.8. The van der Waals surface area contributed by atoms with Gasteiger partial charge in [0.1, 0.15) is 5.75 Å². The van der Waals surface area contributed by atoms with Gasteiger partial charge in [-0.25, -0.2) is 0 Å². The molecule has 0 bridgehead atoms. The predicted octanol–water partition coefficient (Wildman–Crippen LogP) is 2.77. The van der Waals surface area contributed by atoms with Crippen LogP contribution < -0.4 is 5.56 Å². The van der Waals surface area contributed by atoms with Crippen LogP contribution >= 0.6 is 11.3 Å². The molecule has 0 saturated carbocycles. The zero-order valence-electron chi connectivity index (χ0n) is 12.8. The molecule has 2 N–H and O–H groups in total. The summed E-state index contributed by atoms with van der Waals surface area (Å²) in [5.74, 6) is -0.448. The number of piperidine rings is 1. The van der Waals surface area contributed by atoms with Crippen molar-refractivity contribution in [2.45, 2.75) is 38.1 Å². The number of aromatic nitrogens is 1. The number of aryl methyl sites for hydroxylation is 1. The molecule has 1 fully saturated rings. The summed E-state index contributed by atoms with van der Waals surface area (Å²) in [4.78, 5) is 29.6. The third-order valence-electron chi connectivity index (χ3n) is 4.33. The molecule has 1 aliphatic rings. The van der Waals surface area contributed by atoms with Gasteiger partial charge in [0.05, 0.1) is 5.56 Å². The first-order valence-electron chi connectivity index (χ1n) is 7.90. The number of amides is 1. The van der Waals surface area contributed by atoms with Gasteiger partial charge in [0.25, 0.3) is 11.5 Å². The van der Waals surface area contributed by atoms with Crippen molar-refractivity contribution in [3.8, 4) is 5.75 Å². The van der Waals surface area contributed by atoms with E-state index in [1.165, 1.54) is 11.1 Å². The second-order valence-corrected chi connectivity index (χ2v) is 6.89.